The number of aromatic nitrogens is 1. The van der Waals surface area contributed by atoms with Crippen molar-refractivity contribution >= 4 is 5.82 Å². The van der Waals surface area contributed by atoms with E-state index in [1.165, 1.54) is 37.9 Å². The first kappa shape index (κ1) is 9.44. The highest BCUT2D eigenvalue weighted by atomic mass is 19.1. The quantitative estimate of drug-likeness (QED) is 0.797. The molecule has 0 spiro atoms. The zero-order chi connectivity index (χ0) is 9.80. The third-order valence-electron chi connectivity index (χ3n) is 2.81. The topological polar surface area (TPSA) is 24.9 Å². The summed E-state index contributed by atoms with van der Waals surface area (Å²) in [5.41, 5.74) is 0. The third kappa shape index (κ3) is 2.44. The summed E-state index contributed by atoms with van der Waals surface area (Å²) >= 11 is 0. The highest BCUT2D eigenvalue weighted by Crippen LogP contribution is 2.28. The Morgan fingerprint density at radius 1 is 1.43 bits per heavy atom. The molecule has 1 fully saturated rings. The van der Waals surface area contributed by atoms with Crippen LogP contribution >= 0.6 is 0 Å². The number of rotatable bonds is 4. The second kappa shape index (κ2) is 4.40. The SMILES string of the molecule is Fc1ccc(NCCC2CCC2)nc1. The Balaban J connectivity index is 1.71. The van der Waals surface area contributed by atoms with Crippen molar-refractivity contribution in [2.75, 3.05) is 11.9 Å². The lowest BCUT2D eigenvalue weighted by Gasteiger charge is -2.25. The zero-order valence-electron chi connectivity index (χ0n) is 8.17. The normalized spacial score (nSPS) is 16.4. The number of hydrogen-bond donors (Lipinski definition) is 1. The molecule has 76 valence electrons. The van der Waals surface area contributed by atoms with E-state index < -0.39 is 0 Å². The van der Waals surface area contributed by atoms with Crippen LogP contribution in [0.5, 0.6) is 0 Å². The molecule has 1 N–H and O–H groups in total. The van der Waals surface area contributed by atoms with Crippen LogP contribution in [-0.4, -0.2) is 11.5 Å². The summed E-state index contributed by atoms with van der Waals surface area (Å²) in [6.45, 7) is 0.948. The molecular weight excluding hydrogens is 179 g/mol. The van der Waals surface area contributed by atoms with Crippen molar-refractivity contribution in [3.05, 3.63) is 24.1 Å². The van der Waals surface area contributed by atoms with Crippen LogP contribution in [0.25, 0.3) is 0 Å². The molecule has 1 aromatic heterocycles. The van der Waals surface area contributed by atoms with E-state index >= 15 is 0 Å². The van der Waals surface area contributed by atoms with Crippen molar-refractivity contribution < 1.29 is 4.39 Å². The average Bonchev–Trinajstić information content (AvgIpc) is 2.12. The van der Waals surface area contributed by atoms with Gasteiger partial charge in [-0.25, -0.2) is 9.37 Å². The van der Waals surface area contributed by atoms with Crippen molar-refractivity contribution in [3.8, 4) is 0 Å². The maximum Gasteiger partial charge on any atom is 0.141 e. The minimum atomic E-state index is -0.283. The molecule has 0 bridgehead atoms. The average molecular weight is 194 g/mol. The largest absolute Gasteiger partial charge is 0.370 e. The van der Waals surface area contributed by atoms with Gasteiger partial charge in [0.05, 0.1) is 6.20 Å². The number of halogens is 1. The molecule has 1 aliphatic carbocycles. The molecule has 2 rings (SSSR count). The summed E-state index contributed by atoms with van der Waals surface area (Å²) in [5.74, 6) is 1.39. The van der Waals surface area contributed by atoms with Crippen LogP contribution in [-0.2, 0) is 0 Å². The summed E-state index contributed by atoms with van der Waals surface area (Å²) in [6, 6.07) is 3.11. The van der Waals surface area contributed by atoms with Gasteiger partial charge in [-0.2, -0.15) is 0 Å². The smallest absolute Gasteiger partial charge is 0.141 e. The molecule has 0 saturated heterocycles. The molecule has 3 heteroatoms. The summed E-state index contributed by atoms with van der Waals surface area (Å²) in [7, 11) is 0. The van der Waals surface area contributed by atoms with Gasteiger partial charge in [0.2, 0.25) is 0 Å². The third-order valence-corrected chi connectivity index (χ3v) is 2.81. The van der Waals surface area contributed by atoms with Crippen LogP contribution < -0.4 is 5.32 Å². The Labute approximate surface area is 83.6 Å². The summed E-state index contributed by atoms with van der Waals surface area (Å²) < 4.78 is 12.5. The second-order valence-electron chi connectivity index (χ2n) is 3.87. The van der Waals surface area contributed by atoms with Gasteiger partial charge in [-0.05, 0) is 24.5 Å². The minimum Gasteiger partial charge on any atom is -0.370 e. The van der Waals surface area contributed by atoms with E-state index in [-0.39, 0.29) is 5.82 Å². The molecule has 1 aliphatic rings. The lowest BCUT2D eigenvalue weighted by Crippen LogP contribution is -2.15. The second-order valence-corrected chi connectivity index (χ2v) is 3.87. The predicted octanol–water partition coefficient (Wildman–Crippen LogP) is 2.82. The summed E-state index contributed by atoms with van der Waals surface area (Å²) in [4.78, 5) is 3.93. The fraction of sp³-hybridized carbons (Fsp3) is 0.545. The number of nitrogens with one attached hydrogen (secondary N) is 1. The zero-order valence-corrected chi connectivity index (χ0v) is 8.17. The van der Waals surface area contributed by atoms with Gasteiger partial charge in [-0.15, -0.1) is 0 Å². The Morgan fingerprint density at radius 3 is 2.86 bits per heavy atom. The molecule has 0 unspecified atom stereocenters. The molecule has 2 nitrogen and oxygen atoms in total. The van der Waals surface area contributed by atoms with Gasteiger partial charge >= 0.3 is 0 Å². The molecular formula is C11H15FN2. The summed E-state index contributed by atoms with van der Waals surface area (Å²) in [6.07, 6.45) is 6.58. The number of hydrogen-bond acceptors (Lipinski definition) is 2. The molecule has 14 heavy (non-hydrogen) atoms. The van der Waals surface area contributed by atoms with Gasteiger partial charge in [0.25, 0.3) is 0 Å². The van der Waals surface area contributed by atoms with Crippen molar-refractivity contribution in [2.45, 2.75) is 25.7 Å². The Bertz CT molecular complexity index is 280. The molecule has 0 amide bonds. The highest BCUT2D eigenvalue weighted by molar-refractivity contribution is 5.33. The molecule has 1 heterocycles. The highest BCUT2D eigenvalue weighted by Gasteiger charge is 2.16. The Morgan fingerprint density at radius 2 is 2.29 bits per heavy atom. The monoisotopic (exact) mass is 194 g/mol. The fourth-order valence-electron chi connectivity index (χ4n) is 1.67. The first-order valence-corrected chi connectivity index (χ1v) is 5.20. The van der Waals surface area contributed by atoms with Crippen LogP contribution in [0.1, 0.15) is 25.7 Å². The van der Waals surface area contributed by atoms with Gasteiger partial charge < -0.3 is 5.32 Å². The molecule has 1 saturated carbocycles. The van der Waals surface area contributed by atoms with Crippen LogP contribution in [0.15, 0.2) is 18.3 Å². The van der Waals surface area contributed by atoms with E-state index in [1.54, 1.807) is 6.07 Å². The fourth-order valence-corrected chi connectivity index (χ4v) is 1.67. The van der Waals surface area contributed by atoms with Gasteiger partial charge in [-0.3, -0.25) is 0 Å². The van der Waals surface area contributed by atoms with Crippen LogP contribution in [0.2, 0.25) is 0 Å². The number of nitrogens with zero attached hydrogens (tertiary/aromatic N) is 1. The maximum atomic E-state index is 12.5. The van der Waals surface area contributed by atoms with Crippen LogP contribution in [0.4, 0.5) is 10.2 Å². The van der Waals surface area contributed by atoms with E-state index in [0.29, 0.717) is 0 Å². The van der Waals surface area contributed by atoms with Gasteiger partial charge in [0, 0.05) is 6.54 Å². The van der Waals surface area contributed by atoms with E-state index in [4.69, 9.17) is 0 Å². The van der Waals surface area contributed by atoms with E-state index in [0.717, 1.165) is 18.3 Å². The first-order chi connectivity index (χ1) is 6.84. The molecule has 1 aromatic rings. The maximum absolute atomic E-state index is 12.5. The lowest BCUT2D eigenvalue weighted by molar-refractivity contribution is 0.303. The van der Waals surface area contributed by atoms with Gasteiger partial charge in [0.1, 0.15) is 11.6 Å². The first-order valence-electron chi connectivity index (χ1n) is 5.20. The van der Waals surface area contributed by atoms with Crippen LogP contribution in [0, 0.1) is 11.7 Å². The van der Waals surface area contributed by atoms with Crippen molar-refractivity contribution in [1.29, 1.82) is 0 Å². The predicted molar refractivity (Wildman–Crippen MR) is 54.6 cm³/mol. The summed E-state index contributed by atoms with van der Waals surface area (Å²) in [5, 5.41) is 3.19. The van der Waals surface area contributed by atoms with Crippen molar-refractivity contribution in [2.24, 2.45) is 5.92 Å². The Kier molecular flexibility index (Phi) is 2.96. The minimum absolute atomic E-state index is 0.283. The van der Waals surface area contributed by atoms with E-state index in [9.17, 15) is 4.39 Å². The molecule has 0 radical (unpaired) electrons. The van der Waals surface area contributed by atoms with Gasteiger partial charge in [-0.1, -0.05) is 19.3 Å². The van der Waals surface area contributed by atoms with Gasteiger partial charge in [0.15, 0.2) is 0 Å². The molecule has 0 aliphatic heterocycles. The van der Waals surface area contributed by atoms with E-state index in [1.807, 2.05) is 0 Å². The number of pyridine rings is 1. The van der Waals surface area contributed by atoms with Crippen molar-refractivity contribution in [3.63, 3.8) is 0 Å². The molecule has 0 atom stereocenters. The lowest BCUT2D eigenvalue weighted by atomic mass is 9.83. The number of anilines is 1. The van der Waals surface area contributed by atoms with E-state index in [2.05, 4.69) is 10.3 Å². The van der Waals surface area contributed by atoms with Crippen LogP contribution in [0.3, 0.4) is 0 Å². The Hall–Kier alpha value is -1.12. The standard InChI is InChI=1S/C11H15FN2/c12-10-4-5-11(14-8-10)13-7-6-9-2-1-3-9/h4-5,8-9H,1-3,6-7H2,(H,13,14). The molecule has 0 aromatic carbocycles. The van der Waals surface area contributed by atoms with Crippen molar-refractivity contribution in [1.82, 2.24) is 4.98 Å².